The second kappa shape index (κ2) is 6.51. The fraction of sp³-hybridized carbons (Fsp3) is 0.444. The van der Waals surface area contributed by atoms with Crippen LogP contribution in [0.2, 0.25) is 0 Å². The number of nitrogens with zero attached hydrogens (tertiary/aromatic N) is 1. The molecule has 2 aromatic rings. The van der Waals surface area contributed by atoms with Gasteiger partial charge in [0.15, 0.2) is 0 Å². The summed E-state index contributed by atoms with van der Waals surface area (Å²) in [6.07, 6.45) is 0. The first-order chi connectivity index (χ1) is 11.0. The summed E-state index contributed by atoms with van der Waals surface area (Å²) in [5, 5.41) is 14.3. The second-order valence-corrected chi connectivity index (χ2v) is 6.12. The van der Waals surface area contributed by atoms with Crippen molar-refractivity contribution in [3.8, 4) is 0 Å². The summed E-state index contributed by atoms with van der Waals surface area (Å²) in [5.74, 6) is -3.19. The van der Waals surface area contributed by atoms with E-state index >= 15 is 0 Å². The van der Waals surface area contributed by atoms with Crippen molar-refractivity contribution in [2.75, 3.05) is 32.8 Å². The van der Waals surface area contributed by atoms with Crippen LogP contribution in [-0.2, 0) is 0 Å². The van der Waals surface area contributed by atoms with Crippen LogP contribution < -0.4 is 5.32 Å². The number of halogens is 2. The first kappa shape index (κ1) is 16.3. The standard InChI is InChI=1S/C18H22F2N2O/c1-13-6-7-16(15-5-3-2-4-14(13)15)17(18(19,20)12-23)22-10-8-21-9-11-22/h2-7,17,21,23H,8-12H2,1H3/t17-/m0/s1. The fourth-order valence-corrected chi connectivity index (χ4v) is 3.43. The minimum absolute atomic E-state index is 0.544. The minimum Gasteiger partial charge on any atom is -0.390 e. The van der Waals surface area contributed by atoms with Crippen LogP contribution in [0.3, 0.4) is 0 Å². The van der Waals surface area contributed by atoms with Crippen molar-refractivity contribution in [2.45, 2.75) is 18.9 Å². The predicted molar refractivity (Wildman–Crippen MR) is 87.9 cm³/mol. The average molecular weight is 320 g/mol. The van der Waals surface area contributed by atoms with E-state index in [0.29, 0.717) is 31.7 Å². The van der Waals surface area contributed by atoms with Gasteiger partial charge in [0.2, 0.25) is 0 Å². The van der Waals surface area contributed by atoms with Gasteiger partial charge in [0.05, 0.1) is 0 Å². The number of alkyl halides is 2. The van der Waals surface area contributed by atoms with Gasteiger partial charge in [-0.1, -0.05) is 36.4 Å². The highest BCUT2D eigenvalue weighted by molar-refractivity contribution is 5.89. The maximum Gasteiger partial charge on any atom is 0.289 e. The number of benzene rings is 2. The summed E-state index contributed by atoms with van der Waals surface area (Å²) >= 11 is 0. The highest BCUT2D eigenvalue weighted by Gasteiger charge is 2.44. The number of aliphatic hydroxyl groups is 1. The van der Waals surface area contributed by atoms with Crippen molar-refractivity contribution in [3.05, 3.63) is 47.5 Å². The monoisotopic (exact) mass is 320 g/mol. The van der Waals surface area contributed by atoms with E-state index in [-0.39, 0.29) is 0 Å². The molecule has 5 heteroatoms. The molecule has 23 heavy (non-hydrogen) atoms. The Hall–Kier alpha value is -1.56. The van der Waals surface area contributed by atoms with Crippen molar-refractivity contribution < 1.29 is 13.9 Å². The summed E-state index contributed by atoms with van der Waals surface area (Å²) in [6, 6.07) is 10.2. The highest BCUT2D eigenvalue weighted by atomic mass is 19.3. The lowest BCUT2D eigenvalue weighted by molar-refractivity contribution is -0.118. The van der Waals surface area contributed by atoms with Crippen molar-refractivity contribution in [3.63, 3.8) is 0 Å². The molecule has 0 unspecified atom stereocenters. The molecule has 1 heterocycles. The van der Waals surface area contributed by atoms with Crippen LogP contribution >= 0.6 is 0 Å². The van der Waals surface area contributed by atoms with E-state index in [0.717, 1.165) is 16.3 Å². The minimum atomic E-state index is -3.19. The highest BCUT2D eigenvalue weighted by Crippen LogP contribution is 2.40. The van der Waals surface area contributed by atoms with Crippen molar-refractivity contribution in [1.29, 1.82) is 0 Å². The molecule has 3 nitrogen and oxygen atoms in total. The average Bonchev–Trinajstić information content (AvgIpc) is 2.58. The number of hydrogen-bond acceptors (Lipinski definition) is 3. The molecule has 2 N–H and O–H groups in total. The van der Waals surface area contributed by atoms with E-state index in [1.165, 1.54) is 0 Å². The van der Waals surface area contributed by atoms with Crippen molar-refractivity contribution >= 4 is 10.8 Å². The third-order valence-electron chi connectivity index (χ3n) is 4.60. The van der Waals surface area contributed by atoms with Crippen molar-refractivity contribution in [1.82, 2.24) is 10.2 Å². The molecule has 0 bridgehead atoms. The fourth-order valence-electron chi connectivity index (χ4n) is 3.43. The zero-order chi connectivity index (χ0) is 16.4. The number of aryl methyl sites for hydroxylation is 1. The van der Waals surface area contributed by atoms with Gasteiger partial charge in [0, 0.05) is 26.2 Å². The molecule has 1 aliphatic heterocycles. The van der Waals surface area contributed by atoms with E-state index in [4.69, 9.17) is 0 Å². The zero-order valence-electron chi connectivity index (χ0n) is 13.2. The summed E-state index contributed by atoms with van der Waals surface area (Å²) in [7, 11) is 0. The van der Waals surface area contributed by atoms with Crippen LogP contribution in [0.15, 0.2) is 36.4 Å². The second-order valence-electron chi connectivity index (χ2n) is 6.12. The molecular weight excluding hydrogens is 298 g/mol. The van der Waals surface area contributed by atoms with Gasteiger partial charge >= 0.3 is 0 Å². The summed E-state index contributed by atoms with van der Waals surface area (Å²) < 4.78 is 29.2. The number of aliphatic hydroxyl groups excluding tert-OH is 1. The maximum absolute atomic E-state index is 14.6. The van der Waals surface area contributed by atoms with Crippen LogP contribution in [-0.4, -0.2) is 48.7 Å². The molecule has 124 valence electrons. The molecule has 1 aliphatic rings. The Bertz CT molecular complexity index is 684. The van der Waals surface area contributed by atoms with E-state index in [9.17, 15) is 13.9 Å². The molecule has 1 saturated heterocycles. The lowest BCUT2D eigenvalue weighted by Crippen LogP contribution is -2.51. The smallest absolute Gasteiger partial charge is 0.289 e. The number of rotatable bonds is 4. The molecule has 0 aromatic heterocycles. The topological polar surface area (TPSA) is 35.5 Å². The largest absolute Gasteiger partial charge is 0.390 e. The summed E-state index contributed by atoms with van der Waals surface area (Å²) in [6.45, 7) is 3.29. The van der Waals surface area contributed by atoms with Gasteiger partial charge in [-0.25, -0.2) is 8.78 Å². The molecule has 1 fully saturated rings. The molecule has 2 aromatic carbocycles. The zero-order valence-corrected chi connectivity index (χ0v) is 13.2. The van der Waals surface area contributed by atoms with Gasteiger partial charge in [-0.3, -0.25) is 4.90 Å². The molecular formula is C18H22F2N2O. The normalized spacial score (nSPS) is 18.3. The number of piperazine rings is 1. The van der Waals surface area contributed by atoms with Crippen LogP contribution in [0, 0.1) is 6.92 Å². The third-order valence-corrected chi connectivity index (χ3v) is 4.60. The Balaban J connectivity index is 2.15. The van der Waals surface area contributed by atoms with Gasteiger partial charge in [-0.05, 0) is 28.8 Å². The summed E-state index contributed by atoms with van der Waals surface area (Å²) in [4.78, 5) is 1.78. The first-order valence-electron chi connectivity index (χ1n) is 7.96. The third kappa shape index (κ3) is 3.09. The van der Waals surface area contributed by atoms with E-state index in [1.54, 1.807) is 11.0 Å². The maximum atomic E-state index is 14.6. The van der Waals surface area contributed by atoms with E-state index < -0.39 is 18.6 Å². The Morgan fingerprint density at radius 2 is 1.78 bits per heavy atom. The van der Waals surface area contributed by atoms with Crippen LogP contribution in [0.4, 0.5) is 8.78 Å². The molecule has 1 atom stereocenters. The molecule has 0 saturated carbocycles. The molecule has 0 amide bonds. The van der Waals surface area contributed by atoms with E-state index in [1.807, 2.05) is 37.3 Å². The van der Waals surface area contributed by atoms with E-state index in [2.05, 4.69) is 5.32 Å². The quantitative estimate of drug-likeness (QED) is 0.909. The Labute approximate surface area is 134 Å². The lowest BCUT2D eigenvalue weighted by atomic mass is 9.91. The first-order valence-corrected chi connectivity index (χ1v) is 7.96. The van der Waals surface area contributed by atoms with Crippen LogP contribution in [0.1, 0.15) is 17.2 Å². The van der Waals surface area contributed by atoms with Gasteiger partial charge in [0.25, 0.3) is 5.92 Å². The molecule has 3 rings (SSSR count). The van der Waals surface area contributed by atoms with Gasteiger partial charge < -0.3 is 10.4 Å². The Morgan fingerprint density at radius 1 is 1.13 bits per heavy atom. The van der Waals surface area contributed by atoms with Gasteiger partial charge in [-0.15, -0.1) is 0 Å². The van der Waals surface area contributed by atoms with Crippen molar-refractivity contribution in [2.24, 2.45) is 0 Å². The molecule has 0 aliphatic carbocycles. The summed E-state index contributed by atoms with van der Waals surface area (Å²) in [5.41, 5.74) is 1.66. The van der Waals surface area contributed by atoms with Crippen LogP contribution in [0.25, 0.3) is 10.8 Å². The number of fused-ring (bicyclic) bond motifs is 1. The number of hydrogen-bond donors (Lipinski definition) is 2. The van der Waals surface area contributed by atoms with Gasteiger partial charge in [-0.2, -0.15) is 0 Å². The molecule has 0 radical (unpaired) electrons. The predicted octanol–water partition coefficient (Wildman–Crippen LogP) is 2.72. The Kier molecular flexibility index (Phi) is 4.62. The van der Waals surface area contributed by atoms with Gasteiger partial charge in [0.1, 0.15) is 12.6 Å². The number of nitrogens with one attached hydrogen (secondary N) is 1. The lowest BCUT2D eigenvalue weighted by Gasteiger charge is -2.39. The SMILES string of the molecule is Cc1ccc([C@H](N2CCNCC2)C(F)(F)CO)c2ccccc12. The Morgan fingerprint density at radius 3 is 2.43 bits per heavy atom. The van der Waals surface area contributed by atoms with Crippen LogP contribution in [0.5, 0.6) is 0 Å². The molecule has 0 spiro atoms.